The van der Waals surface area contributed by atoms with Crippen LogP contribution in [0.25, 0.3) is 11.0 Å². The molecule has 0 unspecified atom stereocenters. The van der Waals surface area contributed by atoms with Crippen LogP contribution in [0.4, 0.5) is 0 Å². The molecule has 0 aliphatic rings. The van der Waals surface area contributed by atoms with Gasteiger partial charge in [-0.3, -0.25) is 4.79 Å². The van der Waals surface area contributed by atoms with Crippen LogP contribution in [0.5, 0.6) is 0 Å². The molecule has 0 aliphatic carbocycles. The highest BCUT2D eigenvalue weighted by Gasteiger charge is 2.19. The third-order valence-electron chi connectivity index (χ3n) is 3.23. The predicted octanol–water partition coefficient (Wildman–Crippen LogP) is 2.66. The fraction of sp³-hybridized carbons (Fsp3) is 0.214. The lowest BCUT2D eigenvalue weighted by Crippen LogP contribution is -2.09. The Hall–Kier alpha value is -2.05. The minimum absolute atomic E-state index is 0.0937. The summed E-state index contributed by atoms with van der Waals surface area (Å²) < 4.78 is 0. The molecule has 3 rings (SSSR count). The lowest BCUT2D eigenvalue weighted by molar-refractivity contribution is 0.103. The van der Waals surface area contributed by atoms with E-state index in [1.807, 2.05) is 24.4 Å². The molecule has 3 aromatic rings. The van der Waals surface area contributed by atoms with E-state index in [0.717, 1.165) is 17.5 Å². The van der Waals surface area contributed by atoms with Crippen LogP contribution in [-0.2, 0) is 0 Å². The second-order valence-electron chi connectivity index (χ2n) is 4.52. The Labute approximate surface area is 119 Å². The van der Waals surface area contributed by atoms with Crippen molar-refractivity contribution >= 4 is 28.2 Å². The summed E-state index contributed by atoms with van der Waals surface area (Å²) in [7, 11) is 0. The van der Waals surface area contributed by atoms with Crippen LogP contribution in [-0.4, -0.2) is 20.7 Å². The summed E-state index contributed by atoms with van der Waals surface area (Å²) in [6.07, 6.45) is 4.17. The largest absolute Gasteiger partial charge is 0.345 e. The molecule has 0 saturated heterocycles. The summed E-state index contributed by atoms with van der Waals surface area (Å²) in [5.74, 6) is -0.0937. The fourth-order valence-electron chi connectivity index (χ4n) is 2.03. The van der Waals surface area contributed by atoms with Crippen LogP contribution >= 0.6 is 11.3 Å². The molecule has 20 heavy (non-hydrogen) atoms. The topological polar surface area (TPSA) is 84.7 Å². The lowest BCUT2D eigenvalue weighted by atomic mass is 10.1. The number of pyridine rings is 1. The molecule has 0 radical (unpaired) electrons. The van der Waals surface area contributed by atoms with Gasteiger partial charge in [0.2, 0.25) is 5.78 Å². The molecule has 3 aromatic heterocycles. The quantitative estimate of drug-likeness (QED) is 0.722. The van der Waals surface area contributed by atoms with Gasteiger partial charge in [0.1, 0.15) is 5.65 Å². The lowest BCUT2D eigenvalue weighted by Gasteiger charge is -2.02. The summed E-state index contributed by atoms with van der Waals surface area (Å²) in [6.45, 7) is 2.00. The smallest absolute Gasteiger partial charge is 0.223 e. The Kier molecular flexibility index (Phi) is 3.33. The number of aromatic nitrogens is 3. The number of hydrogen-bond acceptors (Lipinski definition) is 5. The Morgan fingerprint density at radius 2 is 2.40 bits per heavy atom. The van der Waals surface area contributed by atoms with E-state index in [9.17, 15) is 4.79 Å². The van der Waals surface area contributed by atoms with E-state index in [-0.39, 0.29) is 11.8 Å². The van der Waals surface area contributed by atoms with Gasteiger partial charge in [0.05, 0.1) is 11.3 Å². The molecule has 0 aliphatic heterocycles. The van der Waals surface area contributed by atoms with Gasteiger partial charge in [0.25, 0.3) is 0 Å². The number of hydrogen-bond donors (Lipinski definition) is 2. The molecule has 102 valence electrons. The van der Waals surface area contributed by atoms with Crippen molar-refractivity contribution in [2.45, 2.75) is 19.4 Å². The first-order valence-electron chi connectivity index (χ1n) is 6.38. The highest BCUT2D eigenvalue weighted by Crippen LogP contribution is 2.23. The number of nitrogens with two attached hydrogens (primary N) is 1. The Balaban J connectivity index is 1.98. The van der Waals surface area contributed by atoms with Crippen LogP contribution in [0.3, 0.4) is 0 Å². The molecule has 1 atom stereocenters. The first-order chi connectivity index (χ1) is 9.70. The molecule has 3 heterocycles. The van der Waals surface area contributed by atoms with Crippen molar-refractivity contribution in [3.05, 3.63) is 46.2 Å². The number of nitrogens with one attached hydrogen (secondary N) is 1. The number of H-pyrrole nitrogens is 1. The number of nitrogens with zero attached hydrogens (tertiary/aromatic N) is 2. The first-order valence-corrected chi connectivity index (χ1v) is 7.26. The molecule has 5 nitrogen and oxygen atoms in total. The molecule has 0 saturated carbocycles. The molecule has 0 bridgehead atoms. The maximum atomic E-state index is 12.5. The summed E-state index contributed by atoms with van der Waals surface area (Å²) >= 11 is 1.33. The third-order valence-corrected chi connectivity index (χ3v) is 4.09. The van der Waals surface area contributed by atoms with Crippen molar-refractivity contribution in [1.29, 1.82) is 0 Å². The van der Waals surface area contributed by atoms with Crippen molar-refractivity contribution in [2.75, 3.05) is 0 Å². The molecule has 3 N–H and O–H groups in total. The van der Waals surface area contributed by atoms with Crippen LogP contribution in [0.15, 0.2) is 29.9 Å². The molecule has 6 heteroatoms. The van der Waals surface area contributed by atoms with E-state index in [4.69, 9.17) is 5.73 Å². The van der Waals surface area contributed by atoms with Crippen molar-refractivity contribution < 1.29 is 4.79 Å². The molecule has 0 spiro atoms. The maximum absolute atomic E-state index is 12.5. The SMILES string of the molecule is CC[C@H](N)c1csc(C(=O)c2c[nH]c3ncccc23)n1. The number of aromatic amines is 1. The second-order valence-corrected chi connectivity index (χ2v) is 5.38. The summed E-state index contributed by atoms with van der Waals surface area (Å²) in [5, 5.41) is 3.14. The summed E-state index contributed by atoms with van der Waals surface area (Å²) in [4.78, 5) is 24.0. The third kappa shape index (κ3) is 2.13. The summed E-state index contributed by atoms with van der Waals surface area (Å²) in [5.41, 5.74) is 8.01. The van der Waals surface area contributed by atoms with Crippen molar-refractivity contribution in [2.24, 2.45) is 5.73 Å². The average molecular weight is 286 g/mol. The Morgan fingerprint density at radius 3 is 3.20 bits per heavy atom. The number of fused-ring (bicyclic) bond motifs is 1. The average Bonchev–Trinajstić information content (AvgIpc) is 3.12. The van der Waals surface area contributed by atoms with Gasteiger partial charge in [-0.05, 0) is 18.6 Å². The number of rotatable bonds is 4. The van der Waals surface area contributed by atoms with Crippen LogP contribution in [0.2, 0.25) is 0 Å². The second kappa shape index (κ2) is 5.15. The van der Waals surface area contributed by atoms with E-state index in [1.165, 1.54) is 11.3 Å². The minimum atomic E-state index is -0.113. The minimum Gasteiger partial charge on any atom is -0.345 e. The van der Waals surface area contributed by atoms with Gasteiger partial charge >= 0.3 is 0 Å². The standard InChI is InChI=1S/C14H14N4OS/c1-2-10(15)11-7-20-14(18-11)12(19)9-6-17-13-8(9)4-3-5-16-13/h3-7,10H,2,15H2,1H3,(H,16,17)/t10-/m0/s1. The van der Waals surface area contributed by atoms with Gasteiger partial charge in [-0.1, -0.05) is 6.92 Å². The van der Waals surface area contributed by atoms with Crippen LogP contribution < -0.4 is 5.73 Å². The molecular formula is C14H14N4OS. The van der Waals surface area contributed by atoms with Crippen molar-refractivity contribution in [1.82, 2.24) is 15.0 Å². The first kappa shape index (κ1) is 13.0. The zero-order valence-electron chi connectivity index (χ0n) is 11.0. The highest BCUT2D eigenvalue weighted by atomic mass is 32.1. The van der Waals surface area contributed by atoms with E-state index in [0.29, 0.717) is 16.2 Å². The Bertz CT molecular complexity index is 761. The predicted molar refractivity (Wildman–Crippen MR) is 78.9 cm³/mol. The highest BCUT2D eigenvalue weighted by molar-refractivity contribution is 7.12. The van der Waals surface area contributed by atoms with Gasteiger partial charge in [0.15, 0.2) is 5.01 Å². The van der Waals surface area contributed by atoms with Gasteiger partial charge in [0, 0.05) is 29.2 Å². The number of carbonyl (C=O) groups is 1. The monoisotopic (exact) mass is 286 g/mol. The van der Waals surface area contributed by atoms with Gasteiger partial charge in [-0.15, -0.1) is 11.3 Å². The summed E-state index contributed by atoms with van der Waals surface area (Å²) in [6, 6.07) is 3.57. The van der Waals surface area contributed by atoms with E-state index < -0.39 is 0 Å². The number of carbonyl (C=O) groups excluding carboxylic acids is 1. The van der Waals surface area contributed by atoms with Crippen molar-refractivity contribution in [3.8, 4) is 0 Å². The van der Waals surface area contributed by atoms with Gasteiger partial charge in [-0.2, -0.15) is 0 Å². The number of thiazole rings is 1. The fourth-order valence-corrected chi connectivity index (χ4v) is 2.86. The van der Waals surface area contributed by atoms with Crippen LogP contribution in [0.1, 0.15) is 40.4 Å². The zero-order chi connectivity index (χ0) is 14.1. The molecule has 0 fully saturated rings. The van der Waals surface area contributed by atoms with Crippen LogP contribution in [0, 0.1) is 0 Å². The van der Waals surface area contributed by atoms with E-state index >= 15 is 0 Å². The normalized spacial score (nSPS) is 12.7. The van der Waals surface area contributed by atoms with Gasteiger partial charge in [-0.25, -0.2) is 9.97 Å². The molecular weight excluding hydrogens is 272 g/mol. The molecule has 0 aromatic carbocycles. The molecule has 0 amide bonds. The zero-order valence-corrected chi connectivity index (χ0v) is 11.8. The number of ketones is 1. The van der Waals surface area contributed by atoms with Gasteiger partial charge < -0.3 is 10.7 Å². The van der Waals surface area contributed by atoms with E-state index in [2.05, 4.69) is 15.0 Å². The maximum Gasteiger partial charge on any atom is 0.223 e. The van der Waals surface area contributed by atoms with E-state index in [1.54, 1.807) is 12.4 Å². The Morgan fingerprint density at radius 1 is 1.55 bits per heavy atom. The van der Waals surface area contributed by atoms with Crippen molar-refractivity contribution in [3.63, 3.8) is 0 Å².